The van der Waals surface area contributed by atoms with Gasteiger partial charge in [-0.25, -0.2) is 0 Å². The summed E-state index contributed by atoms with van der Waals surface area (Å²) in [6, 6.07) is 12.0. The van der Waals surface area contributed by atoms with E-state index in [2.05, 4.69) is 17.4 Å². The maximum Gasteiger partial charge on any atom is 0.124 e. The van der Waals surface area contributed by atoms with Crippen molar-refractivity contribution in [1.29, 1.82) is 0 Å². The van der Waals surface area contributed by atoms with E-state index in [9.17, 15) is 0 Å². The first-order valence-electron chi connectivity index (χ1n) is 6.20. The number of benzene rings is 2. The van der Waals surface area contributed by atoms with Crippen molar-refractivity contribution < 1.29 is 9.47 Å². The summed E-state index contributed by atoms with van der Waals surface area (Å²) in [5.74, 6) is 1.80. The lowest BCUT2D eigenvalue weighted by Crippen LogP contribution is -1.95. The van der Waals surface area contributed by atoms with Gasteiger partial charge in [-0.15, -0.1) is 0 Å². The molecule has 1 N–H and O–H groups in total. The maximum absolute atomic E-state index is 5.37. The van der Waals surface area contributed by atoms with Crippen molar-refractivity contribution in [2.24, 2.45) is 0 Å². The molecule has 0 spiro atoms. The zero-order chi connectivity index (χ0) is 13.8. The molecule has 0 unspecified atom stereocenters. The molecule has 0 aliphatic carbocycles. The van der Waals surface area contributed by atoms with Crippen LogP contribution in [0.15, 0.2) is 36.4 Å². The topological polar surface area (TPSA) is 30.5 Å². The minimum absolute atomic E-state index is 0.854. The fourth-order valence-electron chi connectivity index (χ4n) is 2.19. The van der Waals surface area contributed by atoms with Crippen LogP contribution in [0.5, 0.6) is 11.5 Å². The van der Waals surface area contributed by atoms with Crippen molar-refractivity contribution in [3.63, 3.8) is 0 Å². The summed E-state index contributed by atoms with van der Waals surface area (Å²) in [4.78, 5) is 0. The first-order chi connectivity index (χ1) is 9.13. The molecule has 0 saturated heterocycles. The highest BCUT2D eigenvalue weighted by molar-refractivity contribution is 5.64. The van der Waals surface area contributed by atoms with E-state index >= 15 is 0 Å². The van der Waals surface area contributed by atoms with Crippen LogP contribution < -0.4 is 14.8 Å². The molecule has 0 amide bonds. The minimum atomic E-state index is 0.854. The maximum atomic E-state index is 5.37. The molecule has 0 saturated carbocycles. The Labute approximate surface area is 114 Å². The van der Waals surface area contributed by atoms with Crippen molar-refractivity contribution in [3.8, 4) is 11.5 Å². The van der Waals surface area contributed by atoms with Crippen LogP contribution in [0.2, 0.25) is 0 Å². The Morgan fingerprint density at radius 3 is 1.84 bits per heavy atom. The van der Waals surface area contributed by atoms with Gasteiger partial charge in [-0.2, -0.15) is 0 Å². The molecule has 3 nitrogen and oxygen atoms in total. The van der Waals surface area contributed by atoms with E-state index in [1.807, 2.05) is 38.1 Å². The summed E-state index contributed by atoms with van der Waals surface area (Å²) in [5.41, 5.74) is 4.34. The molecule has 0 atom stereocenters. The van der Waals surface area contributed by atoms with Gasteiger partial charge in [-0.05, 0) is 61.4 Å². The van der Waals surface area contributed by atoms with Crippen molar-refractivity contribution >= 4 is 11.4 Å². The average Bonchev–Trinajstić information content (AvgIpc) is 2.39. The molecule has 0 aliphatic heterocycles. The van der Waals surface area contributed by atoms with Gasteiger partial charge >= 0.3 is 0 Å². The standard InChI is InChI=1S/C16H19NO2/c1-11-9-14(10-12(2)16(11)19-4)17-13-5-7-15(18-3)8-6-13/h5-10,17H,1-4H3. The lowest BCUT2D eigenvalue weighted by molar-refractivity contribution is 0.408. The first-order valence-corrected chi connectivity index (χ1v) is 6.20. The van der Waals surface area contributed by atoms with Gasteiger partial charge in [-0.1, -0.05) is 0 Å². The molecule has 0 heterocycles. The summed E-state index contributed by atoms with van der Waals surface area (Å²) >= 11 is 0. The predicted octanol–water partition coefficient (Wildman–Crippen LogP) is 4.06. The van der Waals surface area contributed by atoms with E-state index in [1.54, 1.807) is 14.2 Å². The molecule has 19 heavy (non-hydrogen) atoms. The predicted molar refractivity (Wildman–Crippen MR) is 78.7 cm³/mol. The number of hydrogen-bond acceptors (Lipinski definition) is 3. The number of aryl methyl sites for hydroxylation is 2. The van der Waals surface area contributed by atoms with Gasteiger partial charge in [0.05, 0.1) is 14.2 Å². The summed E-state index contributed by atoms with van der Waals surface area (Å²) in [6.45, 7) is 4.09. The third-order valence-corrected chi connectivity index (χ3v) is 3.04. The molecule has 0 fully saturated rings. The Morgan fingerprint density at radius 1 is 0.789 bits per heavy atom. The number of ether oxygens (including phenoxy) is 2. The molecule has 0 radical (unpaired) electrons. The Kier molecular flexibility index (Phi) is 3.95. The lowest BCUT2D eigenvalue weighted by atomic mass is 10.1. The zero-order valence-corrected chi connectivity index (χ0v) is 11.8. The van der Waals surface area contributed by atoms with Gasteiger partial charge in [0.2, 0.25) is 0 Å². The Bertz CT molecular complexity index is 538. The number of rotatable bonds is 4. The van der Waals surface area contributed by atoms with Gasteiger partial charge in [0.25, 0.3) is 0 Å². The minimum Gasteiger partial charge on any atom is -0.497 e. The highest BCUT2D eigenvalue weighted by atomic mass is 16.5. The van der Waals surface area contributed by atoms with Crippen LogP contribution in [0.25, 0.3) is 0 Å². The van der Waals surface area contributed by atoms with Crippen LogP contribution in [0.3, 0.4) is 0 Å². The Hall–Kier alpha value is -2.16. The quantitative estimate of drug-likeness (QED) is 0.895. The molecule has 2 aromatic carbocycles. The molecule has 2 rings (SSSR count). The fourth-order valence-corrected chi connectivity index (χ4v) is 2.19. The normalized spacial score (nSPS) is 10.1. The molecule has 2 aromatic rings. The van der Waals surface area contributed by atoms with Crippen LogP contribution in [0.1, 0.15) is 11.1 Å². The second kappa shape index (κ2) is 5.65. The highest BCUT2D eigenvalue weighted by Gasteiger charge is 2.05. The van der Waals surface area contributed by atoms with Crippen LogP contribution in [-0.2, 0) is 0 Å². The molecule has 3 heteroatoms. The van der Waals surface area contributed by atoms with E-state index in [4.69, 9.17) is 9.47 Å². The SMILES string of the molecule is COc1ccc(Nc2cc(C)c(OC)c(C)c2)cc1. The number of nitrogens with one attached hydrogen (secondary N) is 1. The fraction of sp³-hybridized carbons (Fsp3) is 0.250. The molecular formula is C16H19NO2. The molecular weight excluding hydrogens is 238 g/mol. The van der Waals surface area contributed by atoms with Crippen LogP contribution in [0.4, 0.5) is 11.4 Å². The Morgan fingerprint density at radius 2 is 1.37 bits per heavy atom. The van der Waals surface area contributed by atoms with E-state index < -0.39 is 0 Å². The van der Waals surface area contributed by atoms with E-state index in [0.717, 1.165) is 34.0 Å². The van der Waals surface area contributed by atoms with E-state index in [1.165, 1.54) is 0 Å². The largest absolute Gasteiger partial charge is 0.497 e. The zero-order valence-electron chi connectivity index (χ0n) is 11.8. The molecule has 0 aliphatic rings. The number of hydrogen-bond donors (Lipinski definition) is 1. The number of methoxy groups -OCH3 is 2. The number of anilines is 2. The Balaban J connectivity index is 2.23. The van der Waals surface area contributed by atoms with Crippen LogP contribution in [-0.4, -0.2) is 14.2 Å². The summed E-state index contributed by atoms with van der Waals surface area (Å²) in [5, 5.41) is 3.38. The monoisotopic (exact) mass is 257 g/mol. The van der Waals surface area contributed by atoms with Gasteiger partial charge in [0.1, 0.15) is 11.5 Å². The van der Waals surface area contributed by atoms with Gasteiger partial charge < -0.3 is 14.8 Å². The smallest absolute Gasteiger partial charge is 0.124 e. The van der Waals surface area contributed by atoms with Crippen molar-refractivity contribution in [1.82, 2.24) is 0 Å². The van der Waals surface area contributed by atoms with Crippen molar-refractivity contribution in [2.45, 2.75) is 13.8 Å². The van der Waals surface area contributed by atoms with Crippen LogP contribution >= 0.6 is 0 Å². The summed E-state index contributed by atoms with van der Waals surface area (Å²) in [6.07, 6.45) is 0. The molecule has 0 aromatic heterocycles. The van der Waals surface area contributed by atoms with Crippen LogP contribution in [0, 0.1) is 13.8 Å². The summed E-state index contributed by atoms with van der Waals surface area (Å²) in [7, 11) is 3.37. The third kappa shape index (κ3) is 2.99. The molecule has 0 bridgehead atoms. The first kappa shape index (κ1) is 13.3. The average molecular weight is 257 g/mol. The van der Waals surface area contributed by atoms with E-state index in [-0.39, 0.29) is 0 Å². The van der Waals surface area contributed by atoms with Gasteiger partial charge in [0.15, 0.2) is 0 Å². The van der Waals surface area contributed by atoms with Gasteiger partial charge in [-0.3, -0.25) is 0 Å². The summed E-state index contributed by atoms with van der Waals surface area (Å²) < 4.78 is 10.5. The van der Waals surface area contributed by atoms with Crippen molar-refractivity contribution in [3.05, 3.63) is 47.5 Å². The lowest BCUT2D eigenvalue weighted by Gasteiger charge is -2.13. The third-order valence-electron chi connectivity index (χ3n) is 3.04. The highest BCUT2D eigenvalue weighted by Crippen LogP contribution is 2.28. The molecule has 100 valence electrons. The second-order valence-corrected chi connectivity index (χ2v) is 4.50. The van der Waals surface area contributed by atoms with Crippen molar-refractivity contribution in [2.75, 3.05) is 19.5 Å². The van der Waals surface area contributed by atoms with Gasteiger partial charge in [0, 0.05) is 11.4 Å². The van der Waals surface area contributed by atoms with E-state index in [0.29, 0.717) is 0 Å². The second-order valence-electron chi connectivity index (χ2n) is 4.50.